The molecule has 4 heteroatoms. The Balaban J connectivity index is 2.80. The van der Waals surface area contributed by atoms with E-state index in [9.17, 15) is 9.90 Å². The maximum absolute atomic E-state index is 12.2. The zero-order valence-corrected chi connectivity index (χ0v) is 11.3. The number of hydrogen-bond acceptors (Lipinski definition) is 3. The Morgan fingerprint density at radius 2 is 2.11 bits per heavy atom. The third-order valence-corrected chi connectivity index (χ3v) is 2.58. The van der Waals surface area contributed by atoms with Crippen molar-refractivity contribution in [3.63, 3.8) is 0 Å². The second kappa shape index (κ2) is 5.98. The highest BCUT2D eigenvalue weighted by Gasteiger charge is 2.20. The normalized spacial score (nSPS) is 11.4. The van der Waals surface area contributed by atoms with Crippen LogP contribution >= 0.6 is 0 Å². The fraction of sp³-hybridized carbons (Fsp3) is 0.500. The molecule has 1 aromatic carbocycles. The number of amides is 1. The summed E-state index contributed by atoms with van der Waals surface area (Å²) >= 11 is 0. The summed E-state index contributed by atoms with van der Waals surface area (Å²) in [5, 5.41) is 9.71. The Labute approximate surface area is 108 Å². The van der Waals surface area contributed by atoms with Gasteiger partial charge in [-0.25, -0.2) is 0 Å². The second-order valence-electron chi connectivity index (χ2n) is 5.21. The van der Waals surface area contributed by atoms with Crippen molar-refractivity contribution < 1.29 is 9.90 Å². The van der Waals surface area contributed by atoms with E-state index in [0.29, 0.717) is 18.7 Å². The highest BCUT2D eigenvalue weighted by molar-refractivity contribution is 5.94. The van der Waals surface area contributed by atoms with Crippen molar-refractivity contribution in [2.24, 2.45) is 5.73 Å². The smallest absolute Gasteiger partial charge is 0.253 e. The summed E-state index contributed by atoms with van der Waals surface area (Å²) < 4.78 is 0. The summed E-state index contributed by atoms with van der Waals surface area (Å²) in [5.74, 6) is -0.0870. The Hall–Kier alpha value is -1.39. The summed E-state index contributed by atoms with van der Waals surface area (Å²) in [6, 6.07) is 7.45. The molecule has 0 radical (unpaired) electrons. The van der Waals surface area contributed by atoms with Crippen molar-refractivity contribution >= 4 is 5.91 Å². The lowest BCUT2D eigenvalue weighted by molar-refractivity contribution is 0.0368. The minimum Gasteiger partial charge on any atom is -0.389 e. The first-order valence-electron chi connectivity index (χ1n) is 6.10. The van der Waals surface area contributed by atoms with Crippen molar-refractivity contribution in [2.75, 3.05) is 20.1 Å². The van der Waals surface area contributed by atoms with Gasteiger partial charge in [-0.05, 0) is 44.5 Å². The van der Waals surface area contributed by atoms with Crippen molar-refractivity contribution in [1.82, 2.24) is 4.90 Å². The first-order chi connectivity index (χ1) is 8.33. The van der Waals surface area contributed by atoms with Gasteiger partial charge in [0.15, 0.2) is 0 Å². The summed E-state index contributed by atoms with van der Waals surface area (Å²) in [6.45, 7) is 4.23. The number of carbonyl (C=O) groups excluding carboxylic acids is 1. The fourth-order valence-corrected chi connectivity index (χ4v) is 1.90. The molecule has 0 saturated carbocycles. The van der Waals surface area contributed by atoms with E-state index in [1.54, 1.807) is 27.0 Å². The number of likely N-dealkylation sites (N-methyl/N-ethyl adjacent to an activating group) is 1. The van der Waals surface area contributed by atoms with Gasteiger partial charge in [0.2, 0.25) is 0 Å². The molecule has 0 aromatic heterocycles. The van der Waals surface area contributed by atoms with Crippen LogP contribution in [0, 0.1) is 0 Å². The highest BCUT2D eigenvalue weighted by Crippen LogP contribution is 2.11. The van der Waals surface area contributed by atoms with Gasteiger partial charge in [-0.15, -0.1) is 0 Å². The van der Waals surface area contributed by atoms with Gasteiger partial charge in [0, 0.05) is 19.2 Å². The maximum atomic E-state index is 12.2. The SMILES string of the molecule is CN(CC(C)(C)O)C(=O)c1cccc(CCN)c1. The van der Waals surface area contributed by atoms with Crippen LogP contribution < -0.4 is 5.73 Å². The van der Waals surface area contributed by atoms with Crippen LogP contribution in [0.5, 0.6) is 0 Å². The molecule has 0 heterocycles. The number of carbonyl (C=O) groups is 1. The van der Waals surface area contributed by atoms with Crippen LogP contribution in [-0.2, 0) is 6.42 Å². The van der Waals surface area contributed by atoms with Gasteiger partial charge in [-0.2, -0.15) is 0 Å². The predicted octanol–water partition coefficient (Wildman–Crippen LogP) is 1.03. The molecule has 0 fully saturated rings. The van der Waals surface area contributed by atoms with Crippen LogP contribution in [0.25, 0.3) is 0 Å². The van der Waals surface area contributed by atoms with Crippen LogP contribution in [-0.4, -0.2) is 41.7 Å². The van der Waals surface area contributed by atoms with Crippen molar-refractivity contribution in [3.05, 3.63) is 35.4 Å². The van der Waals surface area contributed by atoms with E-state index in [4.69, 9.17) is 5.73 Å². The highest BCUT2D eigenvalue weighted by atomic mass is 16.3. The van der Waals surface area contributed by atoms with E-state index in [2.05, 4.69) is 0 Å². The van der Waals surface area contributed by atoms with Crippen molar-refractivity contribution in [1.29, 1.82) is 0 Å². The van der Waals surface area contributed by atoms with Gasteiger partial charge in [-0.3, -0.25) is 4.79 Å². The molecular formula is C14H22N2O2. The molecule has 1 amide bonds. The molecule has 100 valence electrons. The number of nitrogens with zero attached hydrogens (tertiary/aromatic N) is 1. The second-order valence-corrected chi connectivity index (χ2v) is 5.21. The molecule has 3 N–H and O–H groups in total. The average Bonchev–Trinajstić information content (AvgIpc) is 2.26. The lowest BCUT2D eigenvalue weighted by Gasteiger charge is -2.25. The third kappa shape index (κ3) is 4.47. The van der Waals surface area contributed by atoms with Gasteiger partial charge in [-0.1, -0.05) is 12.1 Å². The summed E-state index contributed by atoms with van der Waals surface area (Å²) in [4.78, 5) is 13.7. The third-order valence-electron chi connectivity index (χ3n) is 2.58. The van der Waals surface area contributed by atoms with E-state index in [0.717, 1.165) is 12.0 Å². The minimum absolute atomic E-state index is 0.0870. The number of aliphatic hydroxyl groups is 1. The topological polar surface area (TPSA) is 66.6 Å². The largest absolute Gasteiger partial charge is 0.389 e. The Morgan fingerprint density at radius 3 is 2.67 bits per heavy atom. The molecule has 0 aliphatic carbocycles. The number of hydrogen-bond donors (Lipinski definition) is 2. The molecule has 1 aromatic rings. The van der Waals surface area contributed by atoms with Crippen LogP contribution in [0.1, 0.15) is 29.8 Å². The summed E-state index contributed by atoms with van der Waals surface area (Å²) in [7, 11) is 1.69. The average molecular weight is 250 g/mol. The number of benzene rings is 1. The lowest BCUT2D eigenvalue weighted by Crippen LogP contribution is -2.39. The molecule has 4 nitrogen and oxygen atoms in total. The molecule has 18 heavy (non-hydrogen) atoms. The van der Waals surface area contributed by atoms with E-state index in [1.807, 2.05) is 18.2 Å². The molecule has 0 atom stereocenters. The molecule has 0 saturated heterocycles. The summed E-state index contributed by atoms with van der Waals surface area (Å²) in [5.41, 5.74) is 6.30. The van der Waals surface area contributed by atoms with Gasteiger partial charge >= 0.3 is 0 Å². The molecule has 1 rings (SSSR count). The van der Waals surface area contributed by atoms with Gasteiger partial charge in [0.05, 0.1) is 5.60 Å². The number of rotatable bonds is 5. The quantitative estimate of drug-likeness (QED) is 0.820. The summed E-state index contributed by atoms with van der Waals surface area (Å²) in [6.07, 6.45) is 0.760. The van der Waals surface area contributed by atoms with Gasteiger partial charge in [0.25, 0.3) is 5.91 Å². The molecular weight excluding hydrogens is 228 g/mol. The molecule has 0 bridgehead atoms. The molecule has 0 unspecified atom stereocenters. The van der Waals surface area contributed by atoms with E-state index in [-0.39, 0.29) is 5.91 Å². The van der Waals surface area contributed by atoms with E-state index in [1.165, 1.54) is 4.90 Å². The molecule has 0 spiro atoms. The van der Waals surface area contributed by atoms with Crippen LogP contribution in [0.2, 0.25) is 0 Å². The Bertz CT molecular complexity index is 411. The van der Waals surface area contributed by atoms with Crippen molar-refractivity contribution in [3.8, 4) is 0 Å². The Kier molecular flexibility index (Phi) is 4.87. The standard InChI is InChI=1S/C14H22N2O2/c1-14(2,18)10-16(3)13(17)12-6-4-5-11(9-12)7-8-15/h4-6,9,18H,7-8,10,15H2,1-3H3. The molecule has 0 aliphatic rings. The lowest BCUT2D eigenvalue weighted by atomic mass is 10.1. The van der Waals surface area contributed by atoms with Crippen LogP contribution in [0.3, 0.4) is 0 Å². The zero-order valence-electron chi connectivity index (χ0n) is 11.3. The zero-order chi connectivity index (χ0) is 13.8. The van der Waals surface area contributed by atoms with Gasteiger partial charge < -0.3 is 15.7 Å². The van der Waals surface area contributed by atoms with Crippen molar-refractivity contribution in [2.45, 2.75) is 25.9 Å². The maximum Gasteiger partial charge on any atom is 0.253 e. The molecule has 0 aliphatic heterocycles. The minimum atomic E-state index is -0.890. The first-order valence-corrected chi connectivity index (χ1v) is 6.10. The van der Waals surface area contributed by atoms with Crippen LogP contribution in [0.15, 0.2) is 24.3 Å². The number of nitrogens with two attached hydrogens (primary N) is 1. The van der Waals surface area contributed by atoms with Crippen LogP contribution in [0.4, 0.5) is 0 Å². The first kappa shape index (κ1) is 14.7. The van der Waals surface area contributed by atoms with Gasteiger partial charge in [0.1, 0.15) is 0 Å². The Morgan fingerprint density at radius 1 is 1.44 bits per heavy atom. The monoisotopic (exact) mass is 250 g/mol. The van der Waals surface area contributed by atoms with E-state index < -0.39 is 5.60 Å². The van der Waals surface area contributed by atoms with E-state index >= 15 is 0 Å². The fourth-order valence-electron chi connectivity index (χ4n) is 1.90. The predicted molar refractivity (Wildman–Crippen MR) is 72.5 cm³/mol.